The lowest BCUT2D eigenvalue weighted by atomic mass is 9.94. The lowest BCUT2D eigenvalue weighted by Gasteiger charge is -2.25. The Bertz CT molecular complexity index is 651. The van der Waals surface area contributed by atoms with E-state index < -0.39 is 0 Å². The van der Waals surface area contributed by atoms with Crippen molar-refractivity contribution in [1.82, 2.24) is 25.3 Å². The molecule has 0 spiro atoms. The molecule has 2 fully saturated rings. The maximum absolute atomic E-state index is 4.78. The van der Waals surface area contributed by atoms with Crippen LogP contribution in [0.4, 0.5) is 0 Å². The molecule has 1 aliphatic heterocycles. The Kier molecular flexibility index (Phi) is 7.05. The molecule has 2 atom stereocenters. The topological polar surface area (TPSA) is 57.5 Å². The largest absolute Gasteiger partial charge is 0.356 e. The van der Waals surface area contributed by atoms with E-state index in [1.54, 1.807) is 0 Å². The summed E-state index contributed by atoms with van der Waals surface area (Å²) in [7, 11) is 1.88. The van der Waals surface area contributed by atoms with Crippen molar-refractivity contribution in [1.29, 1.82) is 0 Å². The van der Waals surface area contributed by atoms with Crippen LogP contribution in [-0.4, -0.2) is 59.4 Å². The molecule has 4 rings (SSSR count). The van der Waals surface area contributed by atoms with Gasteiger partial charge in [-0.05, 0) is 64.0 Å². The van der Waals surface area contributed by atoms with Crippen molar-refractivity contribution in [3.63, 3.8) is 0 Å². The van der Waals surface area contributed by atoms with Gasteiger partial charge >= 0.3 is 0 Å². The molecule has 0 bridgehead atoms. The highest BCUT2D eigenvalue weighted by Crippen LogP contribution is 2.31. The molecule has 0 aromatic carbocycles. The van der Waals surface area contributed by atoms with Gasteiger partial charge in [0, 0.05) is 50.9 Å². The van der Waals surface area contributed by atoms with E-state index in [0.29, 0.717) is 12.1 Å². The summed E-state index contributed by atoms with van der Waals surface area (Å²) in [4.78, 5) is 7.13. The van der Waals surface area contributed by atoms with E-state index in [-0.39, 0.29) is 24.0 Å². The van der Waals surface area contributed by atoms with Crippen LogP contribution in [0.25, 0.3) is 0 Å². The summed E-state index contributed by atoms with van der Waals surface area (Å²) in [6.07, 6.45) is 9.63. The van der Waals surface area contributed by atoms with Crippen molar-refractivity contribution in [3.8, 4) is 0 Å². The van der Waals surface area contributed by atoms with Crippen molar-refractivity contribution in [3.05, 3.63) is 17.5 Å². The van der Waals surface area contributed by atoms with Crippen LogP contribution in [0, 0.1) is 5.92 Å². The van der Waals surface area contributed by atoms with Crippen molar-refractivity contribution in [2.45, 2.75) is 70.5 Å². The number of halogens is 1. The number of rotatable bonds is 5. The minimum atomic E-state index is 0. The first-order valence-corrected chi connectivity index (χ1v) is 10.4. The Labute approximate surface area is 180 Å². The third kappa shape index (κ3) is 5.16. The number of aliphatic imine (C=N–C) groups is 1. The van der Waals surface area contributed by atoms with E-state index >= 15 is 0 Å². The van der Waals surface area contributed by atoms with E-state index in [1.165, 1.54) is 43.6 Å². The number of nitrogens with zero attached hydrogens (tertiary/aromatic N) is 4. The minimum Gasteiger partial charge on any atom is -0.356 e. The number of aryl methyl sites for hydroxylation is 1. The van der Waals surface area contributed by atoms with Crippen molar-refractivity contribution >= 4 is 29.9 Å². The quantitative estimate of drug-likeness (QED) is 0.382. The lowest BCUT2D eigenvalue weighted by molar-refractivity contribution is 0.314. The first-order valence-electron chi connectivity index (χ1n) is 10.4. The van der Waals surface area contributed by atoms with Gasteiger partial charge in [0.05, 0.1) is 5.69 Å². The summed E-state index contributed by atoms with van der Waals surface area (Å²) < 4.78 is 2.10. The third-order valence-electron chi connectivity index (χ3n) is 6.13. The Balaban J connectivity index is 0.00000210. The number of likely N-dealkylation sites (tertiary alicyclic amines) is 1. The first-order chi connectivity index (χ1) is 12.6. The van der Waals surface area contributed by atoms with Crippen molar-refractivity contribution in [2.24, 2.45) is 10.9 Å². The number of hydrogen-bond donors (Lipinski definition) is 2. The van der Waals surface area contributed by atoms with Gasteiger partial charge in [-0.25, -0.2) is 0 Å². The number of nitrogens with one attached hydrogen (secondary N) is 2. The van der Waals surface area contributed by atoms with Gasteiger partial charge < -0.3 is 15.5 Å². The van der Waals surface area contributed by atoms with Gasteiger partial charge in [-0.1, -0.05) is 0 Å². The van der Waals surface area contributed by atoms with Crippen LogP contribution < -0.4 is 10.6 Å². The minimum absolute atomic E-state index is 0. The molecule has 0 radical (unpaired) electrons. The zero-order valence-electron chi connectivity index (χ0n) is 16.9. The molecule has 2 heterocycles. The molecular formula is C20H35IN6. The van der Waals surface area contributed by atoms with Crippen LogP contribution in [-0.2, 0) is 12.8 Å². The maximum atomic E-state index is 4.78. The SMILES string of the molecule is CN=C(NCC1CCN(C2CC2)C1)NC1CCc2cn(C(C)C)nc2C1.I. The summed E-state index contributed by atoms with van der Waals surface area (Å²) in [5.41, 5.74) is 2.68. The molecular weight excluding hydrogens is 451 g/mol. The molecule has 27 heavy (non-hydrogen) atoms. The molecule has 152 valence electrons. The standard InChI is InChI=1S/C20H34N6.HI/c1-14(2)26-13-16-4-5-17(10-19(16)24-26)23-20(21-3)22-11-15-8-9-25(12-15)18-6-7-18;/h13-15,17-18H,4-12H2,1-3H3,(H2,21,22,23);1H. The van der Waals surface area contributed by atoms with E-state index in [9.17, 15) is 0 Å². The Morgan fingerprint density at radius 1 is 1.30 bits per heavy atom. The van der Waals surface area contributed by atoms with Crippen LogP contribution >= 0.6 is 24.0 Å². The van der Waals surface area contributed by atoms with E-state index in [4.69, 9.17) is 5.10 Å². The van der Waals surface area contributed by atoms with Gasteiger partial charge in [0.15, 0.2) is 5.96 Å². The second kappa shape index (κ2) is 9.11. The Hall–Kier alpha value is -0.830. The van der Waals surface area contributed by atoms with Gasteiger partial charge in [-0.3, -0.25) is 9.67 Å². The van der Waals surface area contributed by atoms with Crippen LogP contribution in [0.5, 0.6) is 0 Å². The Morgan fingerprint density at radius 3 is 2.81 bits per heavy atom. The van der Waals surface area contributed by atoms with Gasteiger partial charge in [0.2, 0.25) is 0 Å². The predicted molar refractivity (Wildman–Crippen MR) is 121 cm³/mol. The van der Waals surface area contributed by atoms with Crippen LogP contribution in [0.15, 0.2) is 11.2 Å². The Morgan fingerprint density at radius 2 is 2.11 bits per heavy atom. The van der Waals surface area contributed by atoms with Gasteiger partial charge in [-0.2, -0.15) is 5.10 Å². The molecule has 1 aromatic heterocycles. The average Bonchev–Trinajstić information content (AvgIpc) is 3.22. The van der Waals surface area contributed by atoms with Crippen molar-refractivity contribution < 1.29 is 0 Å². The van der Waals surface area contributed by atoms with Crippen molar-refractivity contribution in [2.75, 3.05) is 26.7 Å². The zero-order chi connectivity index (χ0) is 18.1. The van der Waals surface area contributed by atoms with Gasteiger partial charge in [0.25, 0.3) is 0 Å². The highest BCUT2D eigenvalue weighted by molar-refractivity contribution is 14.0. The summed E-state index contributed by atoms with van der Waals surface area (Å²) >= 11 is 0. The number of fused-ring (bicyclic) bond motifs is 1. The monoisotopic (exact) mass is 486 g/mol. The summed E-state index contributed by atoms with van der Waals surface area (Å²) in [6.45, 7) is 7.95. The van der Waals surface area contributed by atoms with E-state index in [0.717, 1.165) is 43.7 Å². The molecule has 7 heteroatoms. The summed E-state index contributed by atoms with van der Waals surface area (Å²) in [5.74, 6) is 1.71. The average molecular weight is 486 g/mol. The second-order valence-electron chi connectivity index (χ2n) is 8.59. The second-order valence-corrected chi connectivity index (χ2v) is 8.59. The molecule has 0 amide bonds. The highest BCUT2D eigenvalue weighted by Gasteiger charge is 2.34. The molecule has 2 aliphatic carbocycles. The van der Waals surface area contributed by atoms with Gasteiger partial charge in [-0.15, -0.1) is 24.0 Å². The van der Waals surface area contributed by atoms with Crippen LogP contribution in [0.3, 0.4) is 0 Å². The number of hydrogen-bond acceptors (Lipinski definition) is 3. The number of guanidine groups is 1. The molecule has 2 unspecified atom stereocenters. The fourth-order valence-corrected chi connectivity index (χ4v) is 4.33. The van der Waals surface area contributed by atoms with Gasteiger partial charge in [0.1, 0.15) is 0 Å². The molecule has 1 aromatic rings. The van der Waals surface area contributed by atoms with Crippen LogP contribution in [0.1, 0.15) is 56.8 Å². The highest BCUT2D eigenvalue weighted by atomic mass is 127. The molecule has 6 nitrogen and oxygen atoms in total. The first kappa shape index (κ1) is 20.9. The lowest BCUT2D eigenvalue weighted by Crippen LogP contribution is -2.47. The summed E-state index contributed by atoms with van der Waals surface area (Å²) in [5, 5.41) is 12.0. The summed E-state index contributed by atoms with van der Waals surface area (Å²) in [6, 6.07) is 1.76. The molecule has 3 aliphatic rings. The predicted octanol–water partition coefficient (Wildman–Crippen LogP) is 2.59. The van der Waals surface area contributed by atoms with E-state index in [1.807, 2.05) is 7.05 Å². The zero-order valence-corrected chi connectivity index (χ0v) is 19.3. The molecule has 2 N–H and O–H groups in total. The third-order valence-corrected chi connectivity index (χ3v) is 6.13. The normalized spacial score (nSPS) is 26.0. The fourth-order valence-electron chi connectivity index (χ4n) is 4.33. The smallest absolute Gasteiger partial charge is 0.191 e. The maximum Gasteiger partial charge on any atom is 0.191 e. The molecule has 1 saturated carbocycles. The molecule has 1 saturated heterocycles. The fraction of sp³-hybridized carbons (Fsp3) is 0.800. The van der Waals surface area contributed by atoms with Crippen LogP contribution in [0.2, 0.25) is 0 Å². The number of aromatic nitrogens is 2. The van der Waals surface area contributed by atoms with E-state index in [2.05, 4.69) is 45.3 Å².